The first-order valence-electron chi connectivity index (χ1n) is 6.89. The number of aryl methyl sites for hydroxylation is 1. The second kappa shape index (κ2) is 5.98. The lowest BCUT2D eigenvalue weighted by molar-refractivity contribution is 0.437. The minimum absolute atomic E-state index is 0.391. The maximum Gasteiger partial charge on any atom is 0.169 e. The summed E-state index contributed by atoms with van der Waals surface area (Å²) in [4.78, 5) is 2.23. The van der Waals surface area contributed by atoms with Gasteiger partial charge in [0.2, 0.25) is 0 Å². The van der Waals surface area contributed by atoms with Gasteiger partial charge in [-0.1, -0.05) is 0 Å². The van der Waals surface area contributed by atoms with E-state index in [1.807, 2.05) is 13.8 Å². The van der Waals surface area contributed by atoms with Crippen LogP contribution in [0.15, 0.2) is 0 Å². The molecule has 1 aliphatic heterocycles. The van der Waals surface area contributed by atoms with Crippen molar-refractivity contribution in [1.82, 2.24) is 10.2 Å². The third-order valence-electron chi connectivity index (χ3n) is 3.95. The molecule has 19 heavy (non-hydrogen) atoms. The number of hydrogen-bond acceptors (Lipinski definition) is 5. The zero-order valence-electron chi connectivity index (χ0n) is 11.7. The van der Waals surface area contributed by atoms with Gasteiger partial charge < -0.3 is 10.6 Å². The summed E-state index contributed by atoms with van der Waals surface area (Å²) in [6.45, 7) is 5.44. The van der Waals surface area contributed by atoms with Crippen LogP contribution in [-0.4, -0.2) is 29.3 Å². The molecule has 102 valence electrons. The van der Waals surface area contributed by atoms with Gasteiger partial charge in [0.1, 0.15) is 11.6 Å². The van der Waals surface area contributed by atoms with E-state index in [2.05, 4.69) is 21.2 Å². The quantitative estimate of drug-likeness (QED) is 0.893. The molecule has 1 fully saturated rings. The Kier molecular flexibility index (Phi) is 4.33. The van der Waals surface area contributed by atoms with Gasteiger partial charge in [-0.25, -0.2) is 0 Å². The third kappa shape index (κ3) is 2.69. The van der Waals surface area contributed by atoms with Gasteiger partial charge in [-0.05, 0) is 51.6 Å². The molecule has 1 unspecified atom stereocenters. The highest BCUT2D eigenvalue weighted by Crippen LogP contribution is 2.28. The summed E-state index contributed by atoms with van der Waals surface area (Å²) in [5.41, 5.74) is 8.12. The highest BCUT2D eigenvalue weighted by atomic mass is 15.3. The SMILES string of the molecule is Cc1nnc(N2CCCCC2CCN)c(C#N)c1C. The minimum atomic E-state index is 0.391. The molecule has 1 aromatic rings. The summed E-state index contributed by atoms with van der Waals surface area (Å²) in [5, 5.41) is 17.9. The highest BCUT2D eigenvalue weighted by molar-refractivity contribution is 5.58. The van der Waals surface area contributed by atoms with Crippen molar-refractivity contribution in [3.05, 3.63) is 16.8 Å². The lowest BCUT2D eigenvalue weighted by Gasteiger charge is -2.37. The van der Waals surface area contributed by atoms with Gasteiger partial charge in [-0.15, -0.1) is 5.10 Å². The van der Waals surface area contributed by atoms with E-state index in [4.69, 9.17) is 5.73 Å². The van der Waals surface area contributed by atoms with E-state index in [1.165, 1.54) is 6.42 Å². The number of rotatable bonds is 3. The van der Waals surface area contributed by atoms with Crippen molar-refractivity contribution in [2.75, 3.05) is 18.0 Å². The maximum atomic E-state index is 9.40. The molecule has 1 atom stereocenters. The predicted molar refractivity (Wildman–Crippen MR) is 74.9 cm³/mol. The second-order valence-electron chi connectivity index (χ2n) is 5.14. The van der Waals surface area contributed by atoms with Gasteiger partial charge >= 0.3 is 0 Å². The number of piperidine rings is 1. The molecule has 2 N–H and O–H groups in total. The number of nitrogens with two attached hydrogens (primary N) is 1. The van der Waals surface area contributed by atoms with Crippen LogP contribution in [0.5, 0.6) is 0 Å². The molecule has 1 saturated heterocycles. The van der Waals surface area contributed by atoms with E-state index in [0.29, 0.717) is 18.2 Å². The van der Waals surface area contributed by atoms with E-state index < -0.39 is 0 Å². The average Bonchev–Trinajstić information content (AvgIpc) is 2.43. The maximum absolute atomic E-state index is 9.40. The van der Waals surface area contributed by atoms with Crippen molar-refractivity contribution >= 4 is 5.82 Å². The Morgan fingerprint density at radius 3 is 2.84 bits per heavy atom. The molecule has 0 saturated carbocycles. The fraction of sp³-hybridized carbons (Fsp3) is 0.643. The van der Waals surface area contributed by atoms with Gasteiger partial charge in [-0.2, -0.15) is 10.4 Å². The van der Waals surface area contributed by atoms with Crippen molar-refractivity contribution in [2.24, 2.45) is 5.73 Å². The zero-order valence-corrected chi connectivity index (χ0v) is 11.7. The van der Waals surface area contributed by atoms with Crippen LogP contribution in [0.4, 0.5) is 5.82 Å². The summed E-state index contributed by atoms with van der Waals surface area (Å²) in [6.07, 6.45) is 4.43. The van der Waals surface area contributed by atoms with Crippen molar-refractivity contribution in [1.29, 1.82) is 5.26 Å². The molecular formula is C14H21N5. The van der Waals surface area contributed by atoms with Gasteiger partial charge in [0.15, 0.2) is 5.82 Å². The van der Waals surface area contributed by atoms with Crippen LogP contribution in [0.25, 0.3) is 0 Å². The Labute approximate surface area is 114 Å². The predicted octanol–water partition coefficient (Wildman–Crippen LogP) is 1.67. The molecular weight excluding hydrogens is 238 g/mol. The van der Waals surface area contributed by atoms with Gasteiger partial charge in [-0.3, -0.25) is 0 Å². The van der Waals surface area contributed by atoms with Crippen molar-refractivity contribution in [3.8, 4) is 6.07 Å². The van der Waals surface area contributed by atoms with Crippen LogP contribution < -0.4 is 10.6 Å². The van der Waals surface area contributed by atoms with Crippen molar-refractivity contribution in [2.45, 2.75) is 45.6 Å². The van der Waals surface area contributed by atoms with E-state index in [9.17, 15) is 5.26 Å². The third-order valence-corrected chi connectivity index (χ3v) is 3.95. The molecule has 0 aliphatic carbocycles. The van der Waals surface area contributed by atoms with Crippen LogP contribution in [0.3, 0.4) is 0 Å². The van der Waals surface area contributed by atoms with E-state index in [1.54, 1.807) is 0 Å². The summed E-state index contributed by atoms with van der Waals surface area (Å²) in [7, 11) is 0. The first-order chi connectivity index (χ1) is 9.19. The highest BCUT2D eigenvalue weighted by Gasteiger charge is 2.26. The molecule has 5 nitrogen and oxygen atoms in total. The fourth-order valence-corrected chi connectivity index (χ4v) is 2.70. The molecule has 0 amide bonds. The lowest BCUT2D eigenvalue weighted by Crippen LogP contribution is -2.42. The average molecular weight is 259 g/mol. The molecule has 0 radical (unpaired) electrons. The van der Waals surface area contributed by atoms with E-state index in [-0.39, 0.29) is 0 Å². The summed E-state index contributed by atoms with van der Waals surface area (Å²) >= 11 is 0. The summed E-state index contributed by atoms with van der Waals surface area (Å²) in [6, 6.07) is 2.68. The largest absolute Gasteiger partial charge is 0.351 e. The van der Waals surface area contributed by atoms with E-state index in [0.717, 1.165) is 42.9 Å². The fourth-order valence-electron chi connectivity index (χ4n) is 2.70. The van der Waals surface area contributed by atoms with Crippen LogP contribution in [-0.2, 0) is 0 Å². The van der Waals surface area contributed by atoms with Crippen LogP contribution >= 0.6 is 0 Å². The standard InChI is InChI=1S/C14H21N5/c1-10-11(2)17-18-14(13(10)9-16)19-8-4-3-5-12(19)6-7-15/h12H,3-8,15H2,1-2H3. The van der Waals surface area contributed by atoms with Gasteiger partial charge in [0, 0.05) is 12.6 Å². The summed E-state index contributed by atoms with van der Waals surface area (Å²) in [5.74, 6) is 0.740. The molecule has 2 rings (SSSR count). The van der Waals surface area contributed by atoms with Gasteiger partial charge in [0.05, 0.1) is 5.69 Å². The zero-order chi connectivity index (χ0) is 13.8. The molecule has 0 spiro atoms. The molecule has 2 heterocycles. The topological polar surface area (TPSA) is 78.8 Å². The van der Waals surface area contributed by atoms with Crippen molar-refractivity contribution < 1.29 is 0 Å². The first-order valence-corrected chi connectivity index (χ1v) is 6.89. The normalized spacial score (nSPS) is 19.3. The number of nitrogens with zero attached hydrogens (tertiary/aromatic N) is 4. The molecule has 0 bridgehead atoms. The Hall–Kier alpha value is -1.67. The summed E-state index contributed by atoms with van der Waals surface area (Å²) < 4.78 is 0. The number of aromatic nitrogens is 2. The van der Waals surface area contributed by atoms with Crippen LogP contribution in [0.1, 0.15) is 42.5 Å². The molecule has 5 heteroatoms. The van der Waals surface area contributed by atoms with Crippen molar-refractivity contribution in [3.63, 3.8) is 0 Å². The van der Waals surface area contributed by atoms with Crippen LogP contribution in [0.2, 0.25) is 0 Å². The second-order valence-corrected chi connectivity index (χ2v) is 5.14. The molecule has 1 aromatic heterocycles. The molecule has 0 aromatic carbocycles. The van der Waals surface area contributed by atoms with E-state index >= 15 is 0 Å². The Morgan fingerprint density at radius 1 is 1.37 bits per heavy atom. The lowest BCUT2D eigenvalue weighted by atomic mass is 9.98. The first kappa shape index (κ1) is 13.8. The monoisotopic (exact) mass is 259 g/mol. The minimum Gasteiger partial charge on any atom is -0.351 e. The smallest absolute Gasteiger partial charge is 0.169 e. The van der Waals surface area contributed by atoms with Crippen LogP contribution in [0, 0.1) is 25.2 Å². The van der Waals surface area contributed by atoms with Gasteiger partial charge in [0.25, 0.3) is 0 Å². The Morgan fingerprint density at radius 2 is 2.16 bits per heavy atom. The number of hydrogen-bond donors (Lipinski definition) is 1. The molecule has 1 aliphatic rings. The Bertz CT molecular complexity index is 489. The Balaban J connectivity index is 2.39. The number of nitriles is 1. The number of anilines is 1.